The highest BCUT2D eigenvalue weighted by molar-refractivity contribution is 7.89. The summed E-state index contributed by atoms with van der Waals surface area (Å²) in [6.07, 6.45) is 3.44. The Labute approximate surface area is 155 Å². The molecule has 2 heterocycles. The number of fused-ring (bicyclic) bond motifs is 1. The van der Waals surface area contributed by atoms with Gasteiger partial charge in [-0.3, -0.25) is 4.79 Å². The van der Waals surface area contributed by atoms with Crippen LogP contribution in [0.2, 0.25) is 0 Å². The van der Waals surface area contributed by atoms with Crippen molar-refractivity contribution < 1.29 is 18.3 Å². The summed E-state index contributed by atoms with van der Waals surface area (Å²) >= 11 is 0. The number of benzene rings is 1. The van der Waals surface area contributed by atoms with Gasteiger partial charge in [-0.15, -0.1) is 0 Å². The van der Waals surface area contributed by atoms with Crippen molar-refractivity contribution in [3.63, 3.8) is 0 Å². The average molecular weight is 381 g/mol. The molecule has 2 aliphatic rings. The summed E-state index contributed by atoms with van der Waals surface area (Å²) in [5.74, 6) is 0.0390. The fourth-order valence-corrected chi connectivity index (χ4v) is 5.85. The van der Waals surface area contributed by atoms with Crippen LogP contribution in [0, 0.1) is 0 Å². The molecule has 0 radical (unpaired) electrons. The largest absolute Gasteiger partial charge is 0.396 e. The van der Waals surface area contributed by atoms with E-state index >= 15 is 0 Å². The molecule has 1 aromatic rings. The van der Waals surface area contributed by atoms with Gasteiger partial charge in [0.15, 0.2) is 0 Å². The van der Waals surface area contributed by atoms with Crippen molar-refractivity contribution in [2.24, 2.45) is 0 Å². The molecule has 0 bridgehead atoms. The lowest BCUT2D eigenvalue weighted by Gasteiger charge is -2.38. The van der Waals surface area contributed by atoms with Crippen LogP contribution in [0.5, 0.6) is 0 Å². The van der Waals surface area contributed by atoms with Crippen molar-refractivity contribution in [2.45, 2.75) is 62.3 Å². The Kier molecular flexibility index (Phi) is 5.16. The van der Waals surface area contributed by atoms with Gasteiger partial charge in [0, 0.05) is 43.8 Å². The van der Waals surface area contributed by atoms with Gasteiger partial charge in [-0.1, -0.05) is 20.3 Å². The maximum Gasteiger partial charge on any atom is 0.243 e. The number of hydrogen-bond acceptors (Lipinski definition) is 4. The molecule has 1 saturated heterocycles. The Hall–Kier alpha value is -1.44. The number of carbonyl (C=O) groups excluding carboxylic acids is 1. The monoisotopic (exact) mass is 380 g/mol. The van der Waals surface area contributed by atoms with Gasteiger partial charge in [0.05, 0.1) is 4.90 Å². The predicted molar refractivity (Wildman–Crippen MR) is 101 cm³/mol. The molecule has 1 unspecified atom stereocenters. The molecular weight excluding hydrogens is 352 g/mol. The van der Waals surface area contributed by atoms with Crippen molar-refractivity contribution in [3.05, 3.63) is 23.8 Å². The zero-order valence-corrected chi connectivity index (χ0v) is 16.6. The predicted octanol–water partition coefficient (Wildman–Crippen LogP) is 2.26. The van der Waals surface area contributed by atoms with Crippen molar-refractivity contribution >= 4 is 21.6 Å². The number of aliphatic hydroxyl groups excluding tert-OH is 1. The van der Waals surface area contributed by atoms with E-state index in [-0.39, 0.29) is 23.5 Å². The topological polar surface area (TPSA) is 77.9 Å². The SMILES string of the molecule is CN1C(=O)CC(C)(C)c2cc(S(=O)(=O)N3CCCCC3CCO)ccc21. The molecule has 1 amide bonds. The van der Waals surface area contributed by atoms with Crippen molar-refractivity contribution in [1.82, 2.24) is 4.31 Å². The molecule has 1 N–H and O–H groups in total. The molecule has 0 aliphatic carbocycles. The third kappa shape index (κ3) is 3.28. The number of carbonyl (C=O) groups is 1. The Balaban J connectivity index is 2.03. The van der Waals surface area contributed by atoms with Gasteiger partial charge in [0.25, 0.3) is 0 Å². The zero-order chi connectivity index (χ0) is 19.1. The molecule has 1 fully saturated rings. The van der Waals surface area contributed by atoms with E-state index in [0.29, 0.717) is 19.4 Å². The molecule has 3 rings (SSSR count). The van der Waals surface area contributed by atoms with Gasteiger partial charge in [-0.2, -0.15) is 4.31 Å². The lowest BCUT2D eigenvalue weighted by atomic mass is 9.77. The third-order valence-electron chi connectivity index (χ3n) is 5.67. The van der Waals surface area contributed by atoms with E-state index in [1.165, 1.54) is 0 Å². The van der Waals surface area contributed by atoms with Crippen LogP contribution in [-0.4, -0.2) is 50.0 Å². The van der Waals surface area contributed by atoms with Crippen LogP contribution in [0.15, 0.2) is 23.1 Å². The third-order valence-corrected chi connectivity index (χ3v) is 7.62. The second-order valence-corrected chi connectivity index (χ2v) is 9.86. The molecule has 1 aromatic carbocycles. The number of amides is 1. The molecule has 2 aliphatic heterocycles. The van der Waals surface area contributed by atoms with Gasteiger partial charge in [-0.05, 0) is 43.0 Å². The first-order valence-electron chi connectivity index (χ1n) is 9.22. The maximum absolute atomic E-state index is 13.3. The summed E-state index contributed by atoms with van der Waals surface area (Å²) in [5, 5.41) is 9.29. The Bertz CT molecular complexity index is 802. The van der Waals surface area contributed by atoms with Gasteiger partial charge in [0.2, 0.25) is 15.9 Å². The van der Waals surface area contributed by atoms with Crippen LogP contribution >= 0.6 is 0 Å². The van der Waals surface area contributed by atoms with E-state index in [9.17, 15) is 18.3 Å². The molecule has 144 valence electrons. The lowest BCUT2D eigenvalue weighted by molar-refractivity contribution is -0.119. The first-order valence-corrected chi connectivity index (χ1v) is 10.7. The molecule has 6 nitrogen and oxygen atoms in total. The fourth-order valence-electron chi connectivity index (χ4n) is 4.10. The molecule has 7 heteroatoms. The van der Waals surface area contributed by atoms with E-state index in [1.54, 1.807) is 34.5 Å². The average Bonchev–Trinajstić information content (AvgIpc) is 2.60. The zero-order valence-electron chi connectivity index (χ0n) is 15.7. The van der Waals surface area contributed by atoms with Gasteiger partial charge < -0.3 is 10.0 Å². The summed E-state index contributed by atoms with van der Waals surface area (Å²) in [7, 11) is -1.90. The first kappa shape index (κ1) is 19.3. The van der Waals surface area contributed by atoms with Crippen molar-refractivity contribution in [3.8, 4) is 0 Å². The Morgan fingerprint density at radius 1 is 1.27 bits per heavy atom. The van der Waals surface area contributed by atoms with E-state index in [4.69, 9.17) is 0 Å². The summed E-state index contributed by atoms with van der Waals surface area (Å²) in [5.41, 5.74) is 1.25. The van der Waals surface area contributed by atoms with Gasteiger partial charge >= 0.3 is 0 Å². The molecule has 0 spiro atoms. The van der Waals surface area contributed by atoms with Crippen LogP contribution in [0.4, 0.5) is 5.69 Å². The summed E-state index contributed by atoms with van der Waals surface area (Å²) in [6, 6.07) is 4.93. The molecule has 1 atom stereocenters. The number of rotatable bonds is 4. The van der Waals surface area contributed by atoms with E-state index in [2.05, 4.69) is 0 Å². The quantitative estimate of drug-likeness (QED) is 0.869. The number of nitrogens with zero attached hydrogens (tertiary/aromatic N) is 2. The Morgan fingerprint density at radius 2 is 2.00 bits per heavy atom. The second-order valence-electron chi connectivity index (χ2n) is 7.97. The summed E-state index contributed by atoms with van der Waals surface area (Å²) in [4.78, 5) is 14.1. The molecule has 0 aromatic heterocycles. The summed E-state index contributed by atoms with van der Waals surface area (Å²) in [6.45, 7) is 4.43. The lowest BCUT2D eigenvalue weighted by Crippen LogP contribution is -2.44. The normalized spacial score (nSPS) is 23.8. The second kappa shape index (κ2) is 6.94. The van der Waals surface area contributed by atoms with Crippen LogP contribution in [0.3, 0.4) is 0 Å². The van der Waals surface area contributed by atoms with Crippen LogP contribution < -0.4 is 4.90 Å². The molecule has 0 saturated carbocycles. The van der Waals surface area contributed by atoms with Gasteiger partial charge in [0.1, 0.15) is 0 Å². The minimum atomic E-state index is -3.63. The smallest absolute Gasteiger partial charge is 0.243 e. The number of piperidine rings is 1. The van der Waals surface area contributed by atoms with E-state index in [0.717, 1.165) is 30.5 Å². The van der Waals surface area contributed by atoms with Gasteiger partial charge in [-0.25, -0.2) is 8.42 Å². The minimum Gasteiger partial charge on any atom is -0.396 e. The standard InChI is InChI=1S/C19H28N2O4S/c1-19(2)13-18(23)20(3)17-8-7-15(12-16(17)19)26(24,25)21-10-5-4-6-14(21)9-11-22/h7-8,12,14,22H,4-6,9-11,13H2,1-3H3. The molecule has 26 heavy (non-hydrogen) atoms. The minimum absolute atomic E-state index is 0.0131. The molecular formula is C19H28N2O4S. The highest BCUT2D eigenvalue weighted by Crippen LogP contribution is 2.41. The Morgan fingerprint density at radius 3 is 2.69 bits per heavy atom. The van der Waals surface area contributed by atoms with E-state index < -0.39 is 15.4 Å². The number of sulfonamides is 1. The van der Waals surface area contributed by atoms with Crippen LogP contribution in [-0.2, 0) is 20.2 Å². The number of anilines is 1. The number of aliphatic hydroxyl groups is 1. The van der Waals surface area contributed by atoms with Crippen molar-refractivity contribution in [1.29, 1.82) is 0 Å². The fraction of sp³-hybridized carbons (Fsp3) is 0.632. The number of hydrogen-bond donors (Lipinski definition) is 1. The highest BCUT2D eigenvalue weighted by atomic mass is 32.2. The van der Waals surface area contributed by atoms with E-state index in [1.807, 2.05) is 13.8 Å². The highest BCUT2D eigenvalue weighted by Gasteiger charge is 2.38. The maximum atomic E-state index is 13.3. The van der Waals surface area contributed by atoms with Crippen LogP contribution in [0.1, 0.15) is 51.5 Å². The van der Waals surface area contributed by atoms with Crippen molar-refractivity contribution in [2.75, 3.05) is 25.1 Å². The first-order chi connectivity index (χ1) is 12.2. The summed E-state index contributed by atoms with van der Waals surface area (Å²) < 4.78 is 28.1. The van der Waals surface area contributed by atoms with Crippen LogP contribution in [0.25, 0.3) is 0 Å².